The molecule has 0 saturated carbocycles. The molecule has 0 spiro atoms. The van der Waals surface area contributed by atoms with Gasteiger partial charge in [-0.3, -0.25) is 9.69 Å². The van der Waals surface area contributed by atoms with E-state index in [1.54, 1.807) is 0 Å². The highest BCUT2D eigenvalue weighted by atomic mass is 32.1. The average molecular weight is 417 g/mol. The molecule has 1 aromatic heterocycles. The van der Waals surface area contributed by atoms with Crippen LogP contribution in [0.3, 0.4) is 0 Å². The molecule has 0 radical (unpaired) electrons. The van der Waals surface area contributed by atoms with Crippen LogP contribution in [0.25, 0.3) is 10.6 Å². The number of carbonyl (C=O) groups excluding carboxylic acids is 1. The maximum atomic E-state index is 12.9. The van der Waals surface area contributed by atoms with Crippen LogP contribution in [-0.2, 0) is 13.0 Å². The van der Waals surface area contributed by atoms with Gasteiger partial charge in [0.05, 0.1) is 11.6 Å². The monoisotopic (exact) mass is 416 g/mol. The van der Waals surface area contributed by atoms with Crippen molar-refractivity contribution in [1.82, 2.24) is 14.8 Å². The van der Waals surface area contributed by atoms with E-state index in [4.69, 9.17) is 5.26 Å². The summed E-state index contributed by atoms with van der Waals surface area (Å²) in [7, 11) is 0. The summed E-state index contributed by atoms with van der Waals surface area (Å²) in [5.74, 6) is 0.0145. The second kappa shape index (κ2) is 9.21. The number of hydrogen-bond donors (Lipinski definition) is 0. The van der Waals surface area contributed by atoms with Crippen LogP contribution in [0.5, 0.6) is 0 Å². The lowest BCUT2D eigenvalue weighted by Crippen LogP contribution is -2.48. The van der Waals surface area contributed by atoms with Gasteiger partial charge in [-0.15, -0.1) is 11.3 Å². The summed E-state index contributed by atoms with van der Waals surface area (Å²) in [4.78, 5) is 21.7. The minimum Gasteiger partial charge on any atom is -0.335 e. The lowest BCUT2D eigenvalue weighted by atomic mass is 10.1. The van der Waals surface area contributed by atoms with E-state index in [0.717, 1.165) is 36.6 Å². The van der Waals surface area contributed by atoms with Gasteiger partial charge >= 0.3 is 0 Å². The molecule has 4 rings (SSSR count). The lowest BCUT2D eigenvalue weighted by molar-refractivity contribution is 0.0623. The minimum atomic E-state index is 0.0145. The van der Waals surface area contributed by atoms with Crippen LogP contribution in [0.15, 0.2) is 53.9 Å². The number of aryl methyl sites for hydroxylation is 1. The molecule has 30 heavy (non-hydrogen) atoms. The number of aromatic nitrogens is 1. The summed E-state index contributed by atoms with van der Waals surface area (Å²) < 4.78 is 0. The largest absolute Gasteiger partial charge is 0.335 e. The molecule has 5 nitrogen and oxygen atoms in total. The van der Waals surface area contributed by atoms with Crippen LogP contribution >= 0.6 is 11.3 Å². The molecular formula is C24H24N4OS. The Morgan fingerprint density at radius 2 is 1.70 bits per heavy atom. The quantitative estimate of drug-likeness (QED) is 0.625. The highest BCUT2D eigenvalue weighted by Gasteiger charge is 2.24. The van der Waals surface area contributed by atoms with Crippen molar-refractivity contribution in [3.05, 3.63) is 76.3 Å². The number of piperazine rings is 1. The zero-order chi connectivity index (χ0) is 20.9. The second-order valence-corrected chi connectivity index (χ2v) is 8.32. The highest BCUT2D eigenvalue weighted by molar-refractivity contribution is 7.13. The summed E-state index contributed by atoms with van der Waals surface area (Å²) >= 11 is 1.52. The molecule has 0 atom stereocenters. The number of carbonyl (C=O) groups is 1. The summed E-state index contributed by atoms with van der Waals surface area (Å²) in [5, 5.41) is 11.7. The van der Waals surface area contributed by atoms with Crippen molar-refractivity contribution in [2.24, 2.45) is 0 Å². The van der Waals surface area contributed by atoms with Crippen LogP contribution in [-0.4, -0.2) is 46.9 Å². The molecular weight excluding hydrogens is 392 g/mol. The fourth-order valence-electron chi connectivity index (χ4n) is 3.60. The molecule has 2 heterocycles. The maximum Gasteiger partial charge on any atom is 0.273 e. The second-order valence-electron chi connectivity index (χ2n) is 7.47. The van der Waals surface area contributed by atoms with E-state index < -0.39 is 0 Å². The lowest BCUT2D eigenvalue weighted by Gasteiger charge is -2.34. The van der Waals surface area contributed by atoms with E-state index >= 15 is 0 Å². The third-order valence-electron chi connectivity index (χ3n) is 5.48. The first-order valence-corrected chi connectivity index (χ1v) is 11.1. The fourth-order valence-corrected chi connectivity index (χ4v) is 4.40. The molecule has 3 aromatic rings. The van der Waals surface area contributed by atoms with Crippen molar-refractivity contribution >= 4 is 17.2 Å². The van der Waals surface area contributed by atoms with E-state index in [1.807, 2.05) is 34.5 Å². The van der Waals surface area contributed by atoms with Gasteiger partial charge in [0.2, 0.25) is 0 Å². The van der Waals surface area contributed by atoms with Gasteiger partial charge in [-0.1, -0.05) is 43.3 Å². The van der Waals surface area contributed by atoms with Crippen LogP contribution in [0, 0.1) is 11.3 Å². The predicted octanol–water partition coefficient (Wildman–Crippen LogP) is 4.20. The van der Waals surface area contributed by atoms with Crippen molar-refractivity contribution in [2.75, 3.05) is 26.2 Å². The fraction of sp³-hybridized carbons (Fsp3) is 0.292. The van der Waals surface area contributed by atoms with Gasteiger partial charge in [0.15, 0.2) is 0 Å². The number of nitriles is 1. The normalized spacial score (nSPS) is 14.5. The third-order valence-corrected chi connectivity index (χ3v) is 6.37. The van der Waals surface area contributed by atoms with Crippen LogP contribution in [0.4, 0.5) is 0 Å². The zero-order valence-corrected chi connectivity index (χ0v) is 17.9. The van der Waals surface area contributed by atoms with Gasteiger partial charge in [0.25, 0.3) is 5.91 Å². The number of benzene rings is 2. The predicted molar refractivity (Wildman–Crippen MR) is 119 cm³/mol. The highest BCUT2D eigenvalue weighted by Crippen LogP contribution is 2.25. The maximum absolute atomic E-state index is 12.9. The SMILES string of the molecule is CCc1ccc(-c2nc(C(=O)N3CCN(Cc4ccc(C#N)cc4)CC3)cs2)cc1. The molecule has 0 unspecified atom stereocenters. The summed E-state index contributed by atoms with van der Waals surface area (Å²) in [6.45, 7) is 6.05. The molecule has 6 heteroatoms. The molecule has 1 amide bonds. The van der Waals surface area contributed by atoms with Gasteiger partial charge in [0.1, 0.15) is 10.7 Å². The van der Waals surface area contributed by atoms with Gasteiger partial charge in [0, 0.05) is 43.7 Å². The molecule has 0 N–H and O–H groups in total. The third kappa shape index (κ3) is 4.59. The van der Waals surface area contributed by atoms with Gasteiger partial charge in [-0.2, -0.15) is 5.26 Å². The Kier molecular flexibility index (Phi) is 6.22. The van der Waals surface area contributed by atoms with Crippen molar-refractivity contribution in [3.63, 3.8) is 0 Å². The summed E-state index contributed by atoms with van der Waals surface area (Å²) in [6.07, 6.45) is 1.01. The number of hydrogen-bond acceptors (Lipinski definition) is 5. The Balaban J connectivity index is 1.34. The Morgan fingerprint density at radius 3 is 2.33 bits per heavy atom. The smallest absolute Gasteiger partial charge is 0.273 e. The van der Waals surface area contributed by atoms with Crippen molar-refractivity contribution in [2.45, 2.75) is 19.9 Å². The first-order chi connectivity index (χ1) is 14.7. The standard InChI is InChI=1S/C24H24N4OS/c1-2-18-7-9-21(10-8-18)23-26-22(17-30-23)24(29)28-13-11-27(12-14-28)16-20-5-3-19(15-25)4-6-20/h3-10,17H,2,11-14,16H2,1H3. The van der Waals surface area contributed by atoms with Crippen molar-refractivity contribution < 1.29 is 4.79 Å². The van der Waals surface area contributed by atoms with Crippen LogP contribution in [0.1, 0.15) is 34.1 Å². The topological polar surface area (TPSA) is 60.2 Å². The molecule has 1 aliphatic heterocycles. The van der Waals surface area contributed by atoms with E-state index in [0.29, 0.717) is 24.3 Å². The zero-order valence-electron chi connectivity index (χ0n) is 17.0. The molecule has 152 valence electrons. The number of nitrogens with zero attached hydrogens (tertiary/aromatic N) is 4. The van der Waals surface area contributed by atoms with E-state index in [9.17, 15) is 4.79 Å². The van der Waals surface area contributed by atoms with Crippen molar-refractivity contribution in [3.8, 4) is 16.6 Å². The van der Waals surface area contributed by atoms with Crippen molar-refractivity contribution in [1.29, 1.82) is 5.26 Å². The Morgan fingerprint density at radius 1 is 1.03 bits per heavy atom. The Labute approximate surface area is 181 Å². The number of thiazole rings is 1. The molecule has 0 bridgehead atoms. The molecule has 2 aromatic carbocycles. The van der Waals surface area contributed by atoms with Crippen LogP contribution < -0.4 is 0 Å². The first-order valence-electron chi connectivity index (χ1n) is 10.2. The van der Waals surface area contributed by atoms with Crippen LogP contribution in [0.2, 0.25) is 0 Å². The molecule has 1 fully saturated rings. The Hall–Kier alpha value is -3.01. The summed E-state index contributed by atoms with van der Waals surface area (Å²) in [6, 6.07) is 18.2. The Bertz CT molecular complexity index is 1040. The number of rotatable bonds is 5. The van der Waals surface area contributed by atoms with Gasteiger partial charge in [-0.05, 0) is 29.7 Å². The van der Waals surface area contributed by atoms with Gasteiger partial charge in [-0.25, -0.2) is 4.98 Å². The number of amides is 1. The average Bonchev–Trinajstić information content (AvgIpc) is 3.30. The molecule has 0 aliphatic carbocycles. The van der Waals surface area contributed by atoms with E-state index in [-0.39, 0.29) is 5.91 Å². The van der Waals surface area contributed by atoms with E-state index in [2.05, 4.69) is 47.1 Å². The first kappa shape index (κ1) is 20.3. The van der Waals surface area contributed by atoms with E-state index in [1.165, 1.54) is 22.5 Å². The molecule has 1 saturated heterocycles. The minimum absolute atomic E-state index is 0.0145. The summed E-state index contributed by atoms with van der Waals surface area (Å²) in [5.41, 5.74) is 4.76. The molecule has 1 aliphatic rings. The van der Waals surface area contributed by atoms with Gasteiger partial charge < -0.3 is 4.90 Å².